The minimum atomic E-state index is -4.70. The molecule has 0 radical (unpaired) electrons. The Kier molecular flexibility index (Phi) is 6.49. The molecule has 1 amide bonds. The first-order chi connectivity index (χ1) is 14.5. The third kappa shape index (κ3) is 5.49. The number of rotatable bonds is 5. The summed E-state index contributed by atoms with van der Waals surface area (Å²) < 4.78 is 66.3. The van der Waals surface area contributed by atoms with Gasteiger partial charge in [0.1, 0.15) is 0 Å². The Labute approximate surface area is 185 Å². The van der Waals surface area contributed by atoms with Gasteiger partial charge in [0, 0.05) is 11.4 Å². The van der Waals surface area contributed by atoms with E-state index in [1.54, 1.807) is 18.2 Å². The standard InChI is InChI=1S/C20H13Cl2F3N2O3S/c21-17-8-7-13(27-31(29,30)14-4-2-1-3-5-14)10-15(17)19(28)26-12-6-9-18(22)16(11-12)20(23,24)25/h1-11,27H,(H,26,28). The van der Waals surface area contributed by atoms with Gasteiger partial charge in [-0.3, -0.25) is 9.52 Å². The third-order valence-corrected chi connectivity index (χ3v) is 6.10. The molecule has 0 heterocycles. The summed E-state index contributed by atoms with van der Waals surface area (Å²) in [7, 11) is -3.92. The molecule has 0 fully saturated rings. The van der Waals surface area contributed by atoms with Crippen molar-refractivity contribution in [2.75, 3.05) is 10.0 Å². The van der Waals surface area contributed by atoms with Gasteiger partial charge in [0.25, 0.3) is 15.9 Å². The van der Waals surface area contributed by atoms with Crippen molar-refractivity contribution in [2.45, 2.75) is 11.1 Å². The molecule has 0 unspecified atom stereocenters. The zero-order chi connectivity index (χ0) is 22.8. The van der Waals surface area contributed by atoms with Crippen LogP contribution in [-0.2, 0) is 16.2 Å². The maximum absolute atomic E-state index is 13.0. The van der Waals surface area contributed by atoms with Crippen molar-refractivity contribution in [3.05, 3.63) is 87.9 Å². The summed E-state index contributed by atoms with van der Waals surface area (Å²) in [5.74, 6) is -0.832. The Morgan fingerprint density at radius 3 is 2.10 bits per heavy atom. The molecule has 0 bridgehead atoms. The molecule has 0 saturated heterocycles. The number of hydrogen-bond acceptors (Lipinski definition) is 3. The molecule has 162 valence electrons. The minimum absolute atomic E-state index is 0.0109. The first-order valence-electron chi connectivity index (χ1n) is 8.53. The van der Waals surface area contributed by atoms with Gasteiger partial charge in [-0.2, -0.15) is 13.2 Å². The quantitative estimate of drug-likeness (QED) is 0.457. The molecule has 3 aromatic carbocycles. The normalized spacial score (nSPS) is 11.8. The predicted molar refractivity (Wildman–Crippen MR) is 113 cm³/mol. The number of halogens is 5. The summed E-state index contributed by atoms with van der Waals surface area (Å²) in [4.78, 5) is 12.6. The lowest BCUT2D eigenvalue weighted by atomic mass is 10.1. The topological polar surface area (TPSA) is 75.3 Å². The van der Waals surface area contributed by atoms with Gasteiger partial charge in [0.15, 0.2) is 0 Å². The highest BCUT2D eigenvalue weighted by Crippen LogP contribution is 2.36. The maximum Gasteiger partial charge on any atom is 0.417 e. The lowest BCUT2D eigenvalue weighted by molar-refractivity contribution is -0.137. The van der Waals surface area contributed by atoms with E-state index in [1.807, 2.05) is 0 Å². The van der Waals surface area contributed by atoms with E-state index in [-0.39, 0.29) is 26.9 Å². The zero-order valence-corrected chi connectivity index (χ0v) is 17.7. The van der Waals surface area contributed by atoms with Crippen molar-refractivity contribution in [1.82, 2.24) is 0 Å². The fraction of sp³-hybridized carbons (Fsp3) is 0.0500. The van der Waals surface area contributed by atoms with Crippen LogP contribution in [-0.4, -0.2) is 14.3 Å². The molecule has 31 heavy (non-hydrogen) atoms. The second-order valence-electron chi connectivity index (χ2n) is 6.26. The Morgan fingerprint density at radius 2 is 1.45 bits per heavy atom. The van der Waals surface area contributed by atoms with E-state index < -0.39 is 32.7 Å². The summed E-state index contributed by atoms with van der Waals surface area (Å²) in [6, 6.07) is 14.3. The van der Waals surface area contributed by atoms with Crippen LogP contribution < -0.4 is 10.0 Å². The van der Waals surface area contributed by atoms with E-state index in [0.717, 1.165) is 6.07 Å². The molecule has 0 atom stereocenters. The number of benzene rings is 3. The van der Waals surface area contributed by atoms with Crippen LogP contribution in [0.15, 0.2) is 71.6 Å². The smallest absolute Gasteiger partial charge is 0.322 e. The molecule has 5 nitrogen and oxygen atoms in total. The van der Waals surface area contributed by atoms with Crippen molar-refractivity contribution in [3.8, 4) is 0 Å². The first kappa shape index (κ1) is 22.9. The van der Waals surface area contributed by atoms with Crippen LogP contribution in [0.5, 0.6) is 0 Å². The summed E-state index contributed by atoms with van der Waals surface area (Å²) in [6.07, 6.45) is -4.70. The van der Waals surface area contributed by atoms with Crippen molar-refractivity contribution in [3.63, 3.8) is 0 Å². The van der Waals surface area contributed by atoms with E-state index in [1.165, 1.54) is 36.4 Å². The zero-order valence-electron chi connectivity index (χ0n) is 15.4. The molecule has 11 heteroatoms. The number of anilines is 2. The van der Waals surface area contributed by atoms with Gasteiger partial charge in [-0.1, -0.05) is 41.4 Å². The molecule has 0 aliphatic carbocycles. The second kappa shape index (κ2) is 8.78. The molecule has 0 aliphatic heterocycles. The highest BCUT2D eigenvalue weighted by atomic mass is 35.5. The van der Waals surface area contributed by atoms with Crippen molar-refractivity contribution >= 4 is 50.5 Å². The summed E-state index contributed by atoms with van der Waals surface area (Å²) in [6.45, 7) is 0. The van der Waals surface area contributed by atoms with Gasteiger partial charge in [0.05, 0.1) is 26.1 Å². The van der Waals surface area contributed by atoms with Gasteiger partial charge >= 0.3 is 6.18 Å². The molecule has 0 aromatic heterocycles. The molecule has 0 aliphatic rings. The van der Waals surface area contributed by atoms with E-state index in [4.69, 9.17) is 23.2 Å². The maximum atomic E-state index is 13.0. The highest BCUT2D eigenvalue weighted by molar-refractivity contribution is 7.92. The Bertz CT molecular complexity index is 1230. The van der Waals surface area contributed by atoms with E-state index >= 15 is 0 Å². The molecule has 3 rings (SSSR count). The summed E-state index contributed by atoms with van der Waals surface area (Å²) >= 11 is 11.6. The van der Waals surface area contributed by atoms with Crippen molar-refractivity contribution in [1.29, 1.82) is 0 Å². The van der Waals surface area contributed by atoms with E-state index in [2.05, 4.69) is 10.0 Å². The van der Waals surface area contributed by atoms with Crippen LogP contribution in [0.25, 0.3) is 0 Å². The van der Waals surface area contributed by atoms with Crippen LogP contribution in [0.1, 0.15) is 15.9 Å². The van der Waals surface area contributed by atoms with Crippen LogP contribution in [0.3, 0.4) is 0 Å². The molecular weight excluding hydrogens is 476 g/mol. The second-order valence-corrected chi connectivity index (χ2v) is 8.76. The molecule has 2 N–H and O–H groups in total. The monoisotopic (exact) mass is 488 g/mol. The number of nitrogens with one attached hydrogen (secondary N) is 2. The van der Waals surface area contributed by atoms with Gasteiger partial charge in [0.2, 0.25) is 0 Å². The lowest BCUT2D eigenvalue weighted by Crippen LogP contribution is -2.16. The number of hydrogen-bond donors (Lipinski definition) is 2. The fourth-order valence-electron chi connectivity index (χ4n) is 2.60. The number of carbonyl (C=O) groups is 1. The summed E-state index contributed by atoms with van der Waals surface area (Å²) in [5, 5.41) is 1.77. The number of sulfonamides is 1. The van der Waals surface area contributed by atoms with Crippen molar-refractivity contribution in [2.24, 2.45) is 0 Å². The van der Waals surface area contributed by atoms with Crippen LogP contribution in [0, 0.1) is 0 Å². The van der Waals surface area contributed by atoms with Gasteiger partial charge < -0.3 is 5.32 Å². The molecular formula is C20H13Cl2F3N2O3S. The minimum Gasteiger partial charge on any atom is -0.322 e. The van der Waals surface area contributed by atoms with Crippen molar-refractivity contribution < 1.29 is 26.4 Å². The molecule has 3 aromatic rings. The van der Waals surface area contributed by atoms with Gasteiger partial charge in [-0.25, -0.2) is 8.42 Å². The largest absolute Gasteiger partial charge is 0.417 e. The van der Waals surface area contributed by atoms with Crippen LogP contribution in [0.2, 0.25) is 10.0 Å². The Hall–Kier alpha value is -2.75. The van der Waals surface area contributed by atoms with Gasteiger partial charge in [-0.15, -0.1) is 0 Å². The van der Waals surface area contributed by atoms with Crippen LogP contribution >= 0.6 is 23.2 Å². The number of amides is 1. The SMILES string of the molecule is O=C(Nc1ccc(Cl)c(C(F)(F)F)c1)c1cc(NS(=O)(=O)c2ccccc2)ccc1Cl. The predicted octanol–water partition coefficient (Wildman–Crippen LogP) is 6.07. The third-order valence-electron chi connectivity index (χ3n) is 4.05. The average Bonchev–Trinajstić information content (AvgIpc) is 2.70. The van der Waals surface area contributed by atoms with Crippen LogP contribution in [0.4, 0.5) is 24.5 Å². The fourth-order valence-corrected chi connectivity index (χ4v) is 4.09. The molecule has 0 spiro atoms. The number of alkyl halides is 3. The lowest BCUT2D eigenvalue weighted by Gasteiger charge is -2.13. The first-order valence-corrected chi connectivity index (χ1v) is 10.8. The number of carbonyl (C=O) groups excluding carboxylic acids is 1. The average molecular weight is 489 g/mol. The van der Waals surface area contributed by atoms with E-state index in [0.29, 0.717) is 6.07 Å². The van der Waals surface area contributed by atoms with Gasteiger partial charge in [-0.05, 0) is 48.5 Å². The highest BCUT2D eigenvalue weighted by Gasteiger charge is 2.33. The Morgan fingerprint density at radius 1 is 0.839 bits per heavy atom. The Balaban J connectivity index is 1.86. The van der Waals surface area contributed by atoms with E-state index in [9.17, 15) is 26.4 Å². The molecule has 0 saturated carbocycles. The summed E-state index contributed by atoms with van der Waals surface area (Å²) in [5.41, 5.74) is -1.36.